The van der Waals surface area contributed by atoms with Gasteiger partial charge in [0.15, 0.2) is 11.5 Å². The Balaban J connectivity index is 0.0000133. The number of piperazine rings is 1. The largest absolute Gasteiger partial charge is 1.00 e. The first-order valence-electron chi connectivity index (χ1n) is 31.5. The third-order valence-electron chi connectivity index (χ3n) is 17.3. The number of nitrogens with one attached hydrogen (secondary N) is 5. The van der Waals surface area contributed by atoms with Crippen LogP contribution in [-0.4, -0.2) is 232 Å². The zero-order chi connectivity index (χ0) is 69.3. The number of phenolic OH excluding ortho intramolecular Hbond substituents is 1. The van der Waals surface area contributed by atoms with E-state index >= 15 is 0 Å². The molecule has 8 rings (SSSR count). The summed E-state index contributed by atoms with van der Waals surface area (Å²) in [6.07, 6.45) is -10.6. The maximum atomic E-state index is 14.7. The minimum Gasteiger partial charge on any atom is -0.691 e. The average molecular weight is 1380 g/mol. The summed E-state index contributed by atoms with van der Waals surface area (Å²) >= 11 is -0.00217. The number of phenols is 1. The van der Waals surface area contributed by atoms with Gasteiger partial charge in [0.05, 0.1) is 49.7 Å². The fourth-order valence-corrected chi connectivity index (χ4v) is 12.3. The Morgan fingerprint density at radius 1 is 0.711 bits per heavy atom. The van der Waals surface area contributed by atoms with Gasteiger partial charge in [-0.05, 0) is 104 Å². The van der Waals surface area contributed by atoms with Crippen molar-refractivity contribution >= 4 is 71.0 Å². The molecule has 0 radical (unpaired) electrons. The Morgan fingerprint density at radius 2 is 1.31 bits per heavy atom. The Hall–Kier alpha value is -7.41. The maximum absolute atomic E-state index is 14.7. The van der Waals surface area contributed by atoms with Crippen LogP contribution in [-0.2, 0) is 54.1 Å². The monoisotopic (exact) mass is 1380 g/mol. The summed E-state index contributed by atoms with van der Waals surface area (Å²) in [4.78, 5) is 120. The molecule has 0 spiro atoms. The first-order valence-corrected chi connectivity index (χ1v) is 32.1. The third kappa shape index (κ3) is 20.6. The number of carbonyl (C=O) groups is 8. The number of nitrogens with zero attached hydrogens (tertiary/aromatic N) is 4. The second-order valence-electron chi connectivity index (χ2n) is 24.3. The minimum absolute atomic E-state index is 0. The van der Waals surface area contributed by atoms with Crippen molar-refractivity contribution in [2.75, 3.05) is 75.9 Å². The smallest absolute Gasteiger partial charge is 0.691 e. The number of methoxy groups -OCH3 is 1. The van der Waals surface area contributed by atoms with Crippen molar-refractivity contribution in [3.05, 3.63) is 102 Å². The van der Waals surface area contributed by atoms with Gasteiger partial charge in [0.2, 0.25) is 41.4 Å². The van der Waals surface area contributed by atoms with E-state index in [1.54, 1.807) is 19.2 Å². The fraction of sp³-hybridized carbons (Fsp3) is 0.500. The van der Waals surface area contributed by atoms with E-state index in [1.165, 1.54) is 25.1 Å². The number of aromatic hydroxyl groups is 1. The number of nitrogens with two attached hydrogens (primary N) is 1. The Bertz CT molecular complexity index is 3320. The first kappa shape index (κ1) is 76.9. The molecule has 4 aromatic rings. The van der Waals surface area contributed by atoms with Crippen LogP contribution in [0, 0.1) is 5.92 Å². The molecule has 33 heteroatoms. The van der Waals surface area contributed by atoms with E-state index in [-0.39, 0.29) is 58.8 Å². The molecule has 522 valence electrons. The molecule has 8 amide bonds. The van der Waals surface area contributed by atoms with Gasteiger partial charge in [-0.15, -0.1) is 4.33 Å². The quantitative estimate of drug-likeness (QED) is 0.0108. The number of benzene rings is 4. The van der Waals surface area contributed by atoms with Gasteiger partial charge < -0.3 is 107 Å². The number of rotatable bonds is 23. The van der Waals surface area contributed by atoms with Crippen molar-refractivity contribution in [2.45, 2.75) is 132 Å². The molecule has 4 aromatic carbocycles. The summed E-state index contributed by atoms with van der Waals surface area (Å²) in [5, 5.41) is 104. The molecule has 31 nitrogen and oxygen atoms in total. The third-order valence-corrected chi connectivity index (χ3v) is 17.6. The second-order valence-corrected chi connectivity index (χ2v) is 24.7. The van der Waals surface area contributed by atoms with E-state index in [1.807, 2.05) is 24.3 Å². The number of aliphatic hydroxyl groups excluding tert-OH is 6. The molecule has 4 saturated heterocycles. The number of primary amides is 1. The topological polar surface area (TPSA) is 447 Å². The first-order chi connectivity index (χ1) is 45.9. The van der Waals surface area contributed by atoms with Crippen molar-refractivity contribution < 1.29 is 132 Å². The Labute approximate surface area is 585 Å². The van der Waals surface area contributed by atoms with Crippen molar-refractivity contribution in [3.63, 3.8) is 0 Å². The number of amides is 8. The number of ether oxygens (including phenoxy) is 2. The van der Waals surface area contributed by atoms with Gasteiger partial charge in [-0.1, -0.05) is 37.3 Å². The van der Waals surface area contributed by atoms with Crippen molar-refractivity contribution in [3.8, 4) is 28.4 Å². The second kappa shape index (κ2) is 36.4. The molecule has 13 atom stereocenters. The molecular weight excluding hydrogens is 1300 g/mol. The average Bonchev–Trinajstić information content (AvgIpc) is 1.68. The van der Waals surface area contributed by atoms with Crippen LogP contribution < -0.4 is 85.9 Å². The summed E-state index contributed by atoms with van der Waals surface area (Å²) in [6, 6.07) is 14.7. The van der Waals surface area contributed by atoms with Crippen LogP contribution in [0.15, 0.2) is 91.0 Å². The number of hydrogen-bond acceptors (Lipinski definition) is 24. The van der Waals surface area contributed by atoms with Crippen LogP contribution >= 0.6 is 12.3 Å². The van der Waals surface area contributed by atoms with Gasteiger partial charge in [0, 0.05) is 102 Å². The van der Waals surface area contributed by atoms with E-state index in [0.717, 1.165) is 83.0 Å². The van der Waals surface area contributed by atoms with Crippen LogP contribution in [0.1, 0.15) is 68.3 Å². The van der Waals surface area contributed by atoms with Gasteiger partial charge in [0.1, 0.15) is 42.0 Å². The van der Waals surface area contributed by atoms with E-state index in [0.29, 0.717) is 32.8 Å². The number of aliphatic hydroxyl groups is 6. The molecule has 14 N–H and O–H groups in total. The molecule has 0 aliphatic carbocycles. The summed E-state index contributed by atoms with van der Waals surface area (Å²) in [5.41, 5.74) is 9.53. The van der Waals surface area contributed by atoms with E-state index in [2.05, 4.69) is 70.0 Å². The number of β-amino-alcohol motifs (C(OH)–C–C–N with tert-alkyl or cyclic N) is 1. The Kier molecular flexibility index (Phi) is 28.9. The molecular formula is C64H83N10NaO21S. The van der Waals surface area contributed by atoms with Crippen molar-refractivity contribution in [2.24, 2.45) is 11.7 Å². The van der Waals surface area contributed by atoms with Crippen LogP contribution in [0.2, 0.25) is 0 Å². The zero-order valence-corrected chi connectivity index (χ0v) is 56.9. The molecule has 0 aromatic heterocycles. The standard InChI is InChI=1S/C64H84N10O21S.Na/c1-35-33-74-56(57(35)82)62(87)66-32-43(76)29-46(67-58(83)40-10-16-42(17-11-40)72-23-21-71(22-24-72)41-14-8-38(9-15-41)39-12-18-45(19-13-39)92-26-6-4-5-25-91-3)59(84)68-53(36(2)75)63(88)73-34-44(77)30-47(73)60(85)69-54(61(86)70-55(64(74)89)50(80)31-52(65)81)49(79)27-37-7-20-48(78)51(28-37)93-96-95-94-90;/h7-20,28,35-36,43-44,46-47,49-50,53-57,75-80,82,90H,4-6,21-27,29-34H2,1-3H3,(H2,65,81)(H,66,87)(H,67,83)(H,68,84)(H,69,85)(H,70,86);/q;+1/p-1. The molecule has 0 saturated carbocycles. The summed E-state index contributed by atoms with van der Waals surface area (Å²) < 4.78 is 20.2. The van der Waals surface area contributed by atoms with Gasteiger partial charge >= 0.3 is 29.6 Å². The number of carbonyl (C=O) groups excluding carboxylic acids is 8. The van der Waals surface area contributed by atoms with Crippen LogP contribution in [0.25, 0.3) is 11.1 Å². The predicted octanol–water partition coefficient (Wildman–Crippen LogP) is -5.43. The van der Waals surface area contributed by atoms with Crippen LogP contribution in [0.3, 0.4) is 0 Å². The maximum Gasteiger partial charge on any atom is 1.00 e. The number of fused-ring (bicyclic) bond motifs is 2. The normalized spacial score (nSPS) is 24.8. The van der Waals surface area contributed by atoms with E-state index in [4.69, 9.17) is 19.4 Å². The summed E-state index contributed by atoms with van der Waals surface area (Å²) in [7, 11) is 1.70. The Morgan fingerprint density at radius 3 is 1.93 bits per heavy atom. The van der Waals surface area contributed by atoms with Crippen LogP contribution in [0.4, 0.5) is 11.4 Å². The van der Waals surface area contributed by atoms with Crippen molar-refractivity contribution in [1.82, 2.24) is 36.4 Å². The molecule has 4 heterocycles. The fourth-order valence-electron chi connectivity index (χ4n) is 12.0. The zero-order valence-electron chi connectivity index (χ0n) is 54.1. The van der Waals surface area contributed by atoms with Gasteiger partial charge in [-0.2, -0.15) is 0 Å². The summed E-state index contributed by atoms with van der Waals surface area (Å²) in [5.74, 6) is -10.2. The van der Waals surface area contributed by atoms with Gasteiger partial charge in [-0.3, -0.25) is 43.4 Å². The molecule has 4 aliphatic rings. The SMILES string of the molecule is COCCCCCOc1ccc(-c2ccc(N3CCN(c4ccc(C(=O)NC5CC(O)CNC(=O)C6C(O)C(C)CN6C(=O)C(C(O)CC(N)=O)NC(=O)C(C(O)Cc6ccc(O)c(OSOO[O-])c6)NC(=O)C6CC(O)CN6C(=O)C(C(C)O)NC5=O)cc4)CC3)cc2)cc1.[Na+]. The number of anilines is 2. The molecule has 4 fully saturated rings. The molecule has 0 bridgehead atoms. The number of unbranched alkanes of at least 4 members (excludes halogenated alkanes) is 2. The summed E-state index contributed by atoms with van der Waals surface area (Å²) in [6.45, 7) is 4.92. The van der Waals surface area contributed by atoms with Gasteiger partial charge in [0.25, 0.3) is 18.2 Å². The van der Waals surface area contributed by atoms with Gasteiger partial charge in [-0.25, -0.2) is 0 Å². The number of hydrogen-bond donors (Lipinski definition) is 13. The molecule has 97 heavy (non-hydrogen) atoms. The molecule has 4 aliphatic heterocycles. The predicted molar refractivity (Wildman–Crippen MR) is 341 cm³/mol. The van der Waals surface area contributed by atoms with Crippen molar-refractivity contribution in [1.29, 1.82) is 0 Å². The van der Waals surface area contributed by atoms with E-state index < -0.39 is 177 Å². The molecule has 13 unspecified atom stereocenters. The van der Waals surface area contributed by atoms with E-state index in [9.17, 15) is 79.4 Å². The minimum atomic E-state index is -2.22. The van der Waals surface area contributed by atoms with Crippen LogP contribution in [0.5, 0.6) is 17.2 Å².